The molecule has 0 spiro atoms. The number of aryl methyl sites for hydroxylation is 1. The second-order valence-corrected chi connectivity index (χ2v) is 15.0. The summed E-state index contributed by atoms with van der Waals surface area (Å²) in [6, 6.07) is 26.0. The van der Waals surface area contributed by atoms with Gasteiger partial charge in [0.05, 0.1) is 30.7 Å². The predicted molar refractivity (Wildman–Crippen MR) is 207 cm³/mol. The summed E-state index contributed by atoms with van der Waals surface area (Å²) in [6.07, 6.45) is 1.39. The monoisotopic (exact) mass is 732 g/mol. The fraction of sp³-hybridized carbons (Fsp3) is 0.349. The van der Waals surface area contributed by atoms with E-state index in [2.05, 4.69) is 35.1 Å². The number of nitrogens with one attached hydrogen (secondary N) is 4. The van der Waals surface area contributed by atoms with Crippen molar-refractivity contribution in [3.05, 3.63) is 119 Å². The minimum absolute atomic E-state index is 0.0319. The number of carbonyl (C=O) groups is 4. The number of rotatable bonds is 13. The molecule has 0 saturated heterocycles. The number of carboxylic acid groups (broad SMARTS) is 1. The zero-order valence-electron chi connectivity index (χ0n) is 31.5. The smallest absolute Gasteiger partial charge is 0.335 e. The summed E-state index contributed by atoms with van der Waals surface area (Å²) < 4.78 is 11.1. The lowest BCUT2D eigenvalue weighted by molar-refractivity contribution is -0.131. The Kier molecular flexibility index (Phi) is 10.6. The molecule has 4 unspecified atom stereocenters. The van der Waals surface area contributed by atoms with E-state index in [1.807, 2.05) is 62.4 Å². The molecule has 11 nitrogen and oxygen atoms in total. The van der Waals surface area contributed by atoms with Crippen molar-refractivity contribution in [2.24, 2.45) is 11.3 Å². The van der Waals surface area contributed by atoms with Crippen molar-refractivity contribution in [3.63, 3.8) is 0 Å². The molecule has 11 heteroatoms. The maximum Gasteiger partial charge on any atom is 0.335 e. The Bertz CT molecular complexity index is 2060. The Morgan fingerprint density at radius 3 is 2.20 bits per heavy atom. The van der Waals surface area contributed by atoms with Gasteiger partial charge in [-0.1, -0.05) is 62.4 Å². The van der Waals surface area contributed by atoms with Crippen LogP contribution in [0, 0.1) is 18.3 Å². The highest BCUT2D eigenvalue weighted by molar-refractivity contribution is 6.03. The number of methoxy groups -OCH3 is 2. The Balaban J connectivity index is 1.18. The number of amides is 3. The van der Waals surface area contributed by atoms with Crippen molar-refractivity contribution >= 4 is 35.1 Å². The van der Waals surface area contributed by atoms with Gasteiger partial charge in [0.1, 0.15) is 0 Å². The van der Waals surface area contributed by atoms with E-state index in [4.69, 9.17) is 9.47 Å². The van der Waals surface area contributed by atoms with E-state index in [1.165, 1.54) is 0 Å². The van der Waals surface area contributed by atoms with Crippen LogP contribution in [0.5, 0.6) is 11.5 Å². The molecule has 4 atom stereocenters. The molecule has 0 heterocycles. The second-order valence-electron chi connectivity index (χ2n) is 15.0. The van der Waals surface area contributed by atoms with Gasteiger partial charge in [-0.25, -0.2) is 9.59 Å². The highest BCUT2D eigenvalue weighted by atomic mass is 16.5. The first-order valence-electron chi connectivity index (χ1n) is 18.1. The van der Waals surface area contributed by atoms with Crippen molar-refractivity contribution in [3.8, 4) is 11.5 Å². The molecule has 2 fully saturated rings. The lowest BCUT2D eigenvalue weighted by atomic mass is 9.70. The molecule has 3 amide bonds. The Morgan fingerprint density at radius 2 is 1.56 bits per heavy atom. The summed E-state index contributed by atoms with van der Waals surface area (Å²) >= 11 is 0. The number of hydrogen-bond donors (Lipinski definition) is 5. The van der Waals surface area contributed by atoms with Crippen LogP contribution < -0.4 is 30.7 Å². The van der Waals surface area contributed by atoms with Gasteiger partial charge in [-0.05, 0) is 103 Å². The van der Waals surface area contributed by atoms with Crippen molar-refractivity contribution in [1.29, 1.82) is 0 Å². The number of aromatic carboxylic acids is 1. The highest BCUT2D eigenvalue weighted by Gasteiger charge is 2.79. The molecule has 2 saturated carbocycles. The number of Topliss-reactive ketones (excluding diaryl/α,β-unsaturated/α-hetero) is 1. The number of carbonyl (C=O) groups excluding carboxylic acids is 3. The SMILES string of the molecule is COc1ccc(C(CC(=O)NCc2ccc(NC(=O)Nc3ccccc3C)cc2)NC2(C)CCC3C(C)(C)C3(c3ccc(C(=O)O)cc3)C2=O)cc1OC. The van der Waals surface area contributed by atoms with E-state index in [0.717, 1.165) is 34.4 Å². The highest BCUT2D eigenvalue weighted by Crippen LogP contribution is 2.74. The molecule has 2 aliphatic carbocycles. The van der Waals surface area contributed by atoms with Gasteiger partial charge in [0.2, 0.25) is 5.91 Å². The van der Waals surface area contributed by atoms with Gasteiger partial charge < -0.3 is 30.5 Å². The number of fused-ring (bicyclic) bond motifs is 1. The number of benzene rings is 4. The Hall–Kier alpha value is -5.68. The lowest BCUT2D eigenvalue weighted by Gasteiger charge is -2.41. The average molecular weight is 733 g/mol. The number of ketones is 1. The van der Waals surface area contributed by atoms with Crippen LogP contribution in [-0.4, -0.2) is 48.6 Å². The maximum atomic E-state index is 14.9. The molecule has 0 bridgehead atoms. The molecule has 54 heavy (non-hydrogen) atoms. The van der Waals surface area contributed by atoms with Crippen molar-refractivity contribution in [1.82, 2.24) is 10.6 Å². The van der Waals surface area contributed by atoms with Gasteiger partial charge >= 0.3 is 12.0 Å². The standard InChI is InChI=1S/C43H48N4O7/c1-26-9-7-8-10-32(26)46-40(52)45-31-18-11-27(12-19-31)25-44-37(48)24-33(29-15-20-34(53-5)35(23-29)54-6)47-42(4)22-21-36-41(2,3)43(36,39(42)51)30-16-13-28(14-17-30)38(49)50/h7-20,23,33,36,47H,21-22,24-25H2,1-6H3,(H,44,48)(H,49,50)(H2,45,46,52). The summed E-state index contributed by atoms with van der Waals surface area (Å²) in [7, 11) is 3.11. The van der Waals surface area contributed by atoms with Crippen molar-refractivity contribution < 1.29 is 33.8 Å². The minimum atomic E-state index is -1.02. The fourth-order valence-electron chi connectivity index (χ4n) is 8.47. The summed E-state index contributed by atoms with van der Waals surface area (Å²) in [5, 5.41) is 21.8. The van der Waals surface area contributed by atoms with Crippen LogP contribution in [0.25, 0.3) is 0 Å². The van der Waals surface area contributed by atoms with Crippen LogP contribution in [0.15, 0.2) is 91.0 Å². The first-order valence-corrected chi connectivity index (χ1v) is 18.1. The number of carboxylic acids is 1. The second kappa shape index (κ2) is 15.0. The Morgan fingerprint density at radius 1 is 0.870 bits per heavy atom. The molecule has 5 N–H and O–H groups in total. The van der Waals surface area contributed by atoms with E-state index in [-0.39, 0.29) is 47.6 Å². The van der Waals surface area contributed by atoms with Crippen molar-refractivity contribution in [2.45, 2.75) is 70.5 Å². The molecule has 0 aliphatic heterocycles. The average Bonchev–Trinajstić information content (AvgIpc) is 3.68. The number of ether oxygens (including phenoxy) is 2. The molecular formula is C43H48N4O7. The van der Waals surface area contributed by atoms with Crippen LogP contribution in [0.3, 0.4) is 0 Å². The number of urea groups is 1. The number of hydrogen-bond acceptors (Lipinski definition) is 7. The largest absolute Gasteiger partial charge is 0.493 e. The zero-order chi connectivity index (χ0) is 38.8. The van der Waals surface area contributed by atoms with E-state index in [0.29, 0.717) is 23.6 Å². The van der Waals surface area contributed by atoms with Gasteiger partial charge in [-0.15, -0.1) is 0 Å². The summed E-state index contributed by atoms with van der Waals surface area (Å²) in [6.45, 7) is 8.30. The molecule has 4 aromatic carbocycles. The van der Waals surface area contributed by atoms with Gasteiger partial charge in [-0.3, -0.25) is 14.9 Å². The molecule has 0 radical (unpaired) electrons. The maximum absolute atomic E-state index is 14.9. The van der Waals surface area contributed by atoms with E-state index in [9.17, 15) is 24.3 Å². The van der Waals surface area contributed by atoms with Crippen LogP contribution in [0.4, 0.5) is 16.2 Å². The minimum Gasteiger partial charge on any atom is -0.493 e. The lowest BCUT2D eigenvalue weighted by Crippen LogP contribution is -2.58. The summed E-state index contributed by atoms with van der Waals surface area (Å²) in [4.78, 5) is 52.7. The molecule has 282 valence electrons. The quantitative estimate of drug-likeness (QED) is 0.0953. The van der Waals surface area contributed by atoms with E-state index < -0.39 is 23.0 Å². The molecule has 0 aromatic heterocycles. The van der Waals surface area contributed by atoms with E-state index >= 15 is 0 Å². The van der Waals surface area contributed by atoms with Crippen molar-refractivity contribution in [2.75, 3.05) is 24.9 Å². The third-order valence-corrected chi connectivity index (χ3v) is 11.5. The normalized spacial score (nSPS) is 21.6. The van der Waals surface area contributed by atoms with Crippen LogP contribution in [0.1, 0.15) is 78.7 Å². The first kappa shape index (κ1) is 38.1. The van der Waals surface area contributed by atoms with Gasteiger partial charge in [0.15, 0.2) is 17.3 Å². The topological polar surface area (TPSA) is 155 Å². The predicted octanol–water partition coefficient (Wildman–Crippen LogP) is 7.41. The van der Waals surface area contributed by atoms with Crippen LogP contribution >= 0.6 is 0 Å². The number of anilines is 2. The van der Waals surface area contributed by atoms with Gasteiger partial charge in [-0.2, -0.15) is 0 Å². The third kappa shape index (κ3) is 7.15. The van der Waals surface area contributed by atoms with Crippen LogP contribution in [0.2, 0.25) is 0 Å². The summed E-state index contributed by atoms with van der Waals surface area (Å²) in [5.74, 6) is -0.0573. The molecule has 2 aliphatic rings. The van der Waals surface area contributed by atoms with Gasteiger partial charge in [0.25, 0.3) is 0 Å². The molecular weight excluding hydrogens is 684 g/mol. The Labute approximate surface area is 315 Å². The first-order chi connectivity index (χ1) is 25.7. The zero-order valence-corrected chi connectivity index (χ0v) is 31.5. The number of para-hydroxylation sites is 1. The fourth-order valence-corrected chi connectivity index (χ4v) is 8.47. The van der Waals surface area contributed by atoms with Crippen LogP contribution in [-0.2, 0) is 21.5 Å². The third-order valence-electron chi connectivity index (χ3n) is 11.5. The summed E-state index contributed by atoms with van der Waals surface area (Å²) in [5.41, 5.74) is 2.75. The van der Waals surface area contributed by atoms with E-state index in [1.54, 1.807) is 56.7 Å². The molecule has 4 aromatic rings. The van der Waals surface area contributed by atoms with Gasteiger partial charge in [0, 0.05) is 30.4 Å². The molecule has 6 rings (SSSR count).